The van der Waals surface area contributed by atoms with E-state index < -0.39 is 0 Å². The lowest BCUT2D eigenvalue weighted by Gasteiger charge is -2.25. The first-order valence-electron chi connectivity index (χ1n) is 6.91. The quantitative estimate of drug-likeness (QED) is 0.719. The van der Waals surface area contributed by atoms with Gasteiger partial charge in [0.2, 0.25) is 5.91 Å². The highest BCUT2D eigenvalue weighted by Crippen LogP contribution is 2.27. The molecule has 2 N–H and O–H groups in total. The predicted octanol–water partition coefficient (Wildman–Crippen LogP) is 2.48. The van der Waals surface area contributed by atoms with Crippen LogP contribution in [0, 0.1) is 11.3 Å². The van der Waals surface area contributed by atoms with Gasteiger partial charge in [0.05, 0.1) is 0 Å². The van der Waals surface area contributed by atoms with Gasteiger partial charge in [-0.05, 0) is 37.0 Å². The van der Waals surface area contributed by atoms with E-state index in [4.69, 9.17) is 5.11 Å². The van der Waals surface area contributed by atoms with Gasteiger partial charge in [0.15, 0.2) is 0 Å². The third-order valence-corrected chi connectivity index (χ3v) is 3.72. The lowest BCUT2D eigenvalue weighted by atomic mass is 9.88. The van der Waals surface area contributed by atoms with Gasteiger partial charge < -0.3 is 10.4 Å². The molecule has 0 spiro atoms. The predicted molar refractivity (Wildman–Crippen MR) is 69.7 cm³/mol. The van der Waals surface area contributed by atoms with Gasteiger partial charge in [0, 0.05) is 19.6 Å². The molecule has 3 heteroatoms. The van der Waals surface area contributed by atoms with Crippen LogP contribution >= 0.6 is 0 Å². The topological polar surface area (TPSA) is 49.3 Å². The van der Waals surface area contributed by atoms with E-state index in [1.807, 2.05) is 0 Å². The monoisotopic (exact) mass is 241 g/mol. The summed E-state index contributed by atoms with van der Waals surface area (Å²) in [5, 5.41) is 11.8. The zero-order valence-corrected chi connectivity index (χ0v) is 11.3. The lowest BCUT2D eigenvalue weighted by molar-refractivity contribution is -0.122. The Labute approximate surface area is 105 Å². The summed E-state index contributed by atoms with van der Waals surface area (Å²) in [6.45, 7) is 5.23. The number of nitrogens with one attached hydrogen (secondary N) is 1. The summed E-state index contributed by atoms with van der Waals surface area (Å²) in [5.41, 5.74) is 0.0913. The summed E-state index contributed by atoms with van der Waals surface area (Å²) in [5.74, 6) is 0.824. The Balaban J connectivity index is 2.17. The number of aliphatic hydroxyl groups is 1. The normalized spacial score (nSPS) is 17.4. The molecule has 0 aromatic heterocycles. The van der Waals surface area contributed by atoms with Crippen molar-refractivity contribution in [3.8, 4) is 0 Å². The molecule has 0 unspecified atom stereocenters. The smallest absolute Gasteiger partial charge is 0.220 e. The van der Waals surface area contributed by atoms with Crippen molar-refractivity contribution in [2.75, 3.05) is 13.2 Å². The number of carbonyl (C=O) groups excluding carboxylic acids is 1. The van der Waals surface area contributed by atoms with Crippen LogP contribution in [0.4, 0.5) is 0 Å². The van der Waals surface area contributed by atoms with Crippen LogP contribution in [0.2, 0.25) is 0 Å². The Bertz CT molecular complexity index is 232. The van der Waals surface area contributed by atoms with E-state index >= 15 is 0 Å². The van der Waals surface area contributed by atoms with Crippen molar-refractivity contribution in [1.82, 2.24) is 5.32 Å². The maximum absolute atomic E-state index is 11.8. The minimum absolute atomic E-state index is 0.0913. The average molecular weight is 241 g/mol. The number of hydrogen-bond donors (Lipinski definition) is 2. The second-order valence-corrected chi connectivity index (χ2v) is 6.12. The van der Waals surface area contributed by atoms with Crippen LogP contribution in [0.15, 0.2) is 0 Å². The molecule has 0 heterocycles. The van der Waals surface area contributed by atoms with Gasteiger partial charge >= 0.3 is 0 Å². The number of hydrogen-bond acceptors (Lipinski definition) is 2. The molecule has 0 aliphatic heterocycles. The standard InChI is InChI=1S/C14H27NO2/c1-14(2,8-5-9-16)11-15-13(17)10-12-6-3-4-7-12/h12,16H,3-11H2,1-2H3,(H,15,17). The Hall–Kier alpha value is -0.570. The molecule has 0 bridgehead atoms. The van der Waals surface area contributed by atoms with Crippen molar-refractivity contribution in [1.29, 1.82) is 0 Å². The fourth-order valence-electron chi connectivity index (χ4n) is 2.53. The molecule has 0 atom stereocenters. The number of rotatable bonds is 7. The molecule has 0 radical (unpaired) electrons. The molecule has 1 rings (SSSR count). The van der Waals surface area contributed by atoms with Gasteiger partial charge in [-0.1, -0.05) is 26.7 Å². The molecule has 3 nitrogen and oxygen atoms in total. The Morgan fingerprint density at radius 1 is 1.35 bits per heavy atom. The van der Waals surface area contributed by atoms with Crippen molar-refractivity contribution in [3.63, 3.8) is 0 Å². The maximum Gasteiger partial charge on any atom is 0.220 e. The van der Waals surface area contributed by atoms with E-state index in [1.165, 1.54) is 25.7 Å². The highest BCUT2D eigenvalue weighted by atomic mass is 16.2. The molecule has 1 aliphatic rings. The van der Waals surface area contributed by atoms with E-state index in [0.717, 1.165) is 19.4 Å². The van der Waals surface area contributed by atoms with Crippen LogP contribution in [0.25, 0.3) is 0 Å². The summed E-state index contributed by atoms with van der Waals surface area (Å²) in [6.07, 6.45) is 7.50. The van der Waals surface area contributed by atoms with Crippen molar-refractivity contribution >= 4 is 5.91 Å². The van der Waals surface area contributed by atoms with Gasteiger partial charge in [-0.3, -0.25) is 4.79 Å². The van der Waals surface area contributed by atoms with E-state index in [-0.39, 0.29) is 17.9 Å². The maximum atomic E-state index is 11.8. The van der Waals surface area contributed by atoms with Crippen LogP contribution in [-0.4, -0.2) is 24.2 Å². The minimum atomic E-state index is 0.0913. The largest absolute Gasteiger partial charge is 0.396 e. The summed E-state index contributed by atoms with van der Waals surface area (Å²) < 4.78 is 0. The number of amides is 1. The van der Waals surface area contributed by atoms with Crippen LogP contribution in [0.3, 0.4) is 0 Å². The molecule has 1 amide bonds. The van der Waals surface area contributed by atoms with E-state index in [0.29, 0.717) is 12.3 Å². The third kappa shape index (κ3) is 6.06. The molecule has 0 aromatic carbocycles. The Morgan fingerprint density at radius 3 is 2.59 bits per heavy atom. The lowest BCUT2D eigenvalue weighted by Crippen LogP contribution is -2.34. The second kappa shape index (κ2) is 7.00. The average Bonchev–Trinajstić information content (AvgIpc) is 2.77. The van der Waals surface area contributed by atoms with Gasteiger partial charge in [0.1, 0.15) is 0 Å². The summed E-state index contributed by atoms with van der Waals surface area (Å²) in [7, 11) is 0. The summed E-state index contributed by atoms with van der Waals surface area (Å²) in [6, 6.07) is 0. The van der Waals surface area contributed by atoms with Crippen LogP contribution in [0.5, 0.6) is 0 Å². The fourth-order valence-corrected chi connectivity index (χ4v) is 2.53. The molecule has 17 heavy (non-hydrogen) atoms. The Morgan fingerprint density at radius 2 is 2.00 bits per heavy atom. The first-order valence-corrected chi connectivity index (χ1v) is 6.91. The van der Waals surface area contributed by atoms with E-state index in [2.05, 4.69) is 19.2 Å². The highest BCUT2D eigenvalue weighted by Gasteiger charge is 2.21. The molecule has 0 aromatic rings. The minimum Gasteiger partial charge on any atom is -0.396 e. The number of carbonyl (C=O) groups is 1. The van der Waals surface area contributed by atoms with Gasteiger partial charge in [-0.25, -0.2) is 0 Å². The zero-order valence-electron chi connectivity index (χ0n) is 11.3. The van der Waals surface area contributed by atoms with Gasteiger partial charge in [-0.15, -0.1) is 0 Å². The van der Waals surface area contributed by atoms with Gasteiger partial charge in [-0.2, -0.15) is 0 Å². The van der Waals surface area contributed by atoms with Crippen LogP contribution in [-0.2, 0) is 4.79 Å². The third-order valence-electron chi connectivity index (χ3n) is 3.72. The van der Waals surface area contributed by atoms with Gasteiger partial charge in [0.25, 0.3) is 0 Å². The second-order valence-electron chi connectivity index (χ2n) is 6.12. The molecule has 1 saturated carbocycles. The van der Waals surface area contributed by atoms with Crippen molar-refractivity contribution in [2.45, 2.75) is 58.8 Å². The first kappa shape index (κ1) is 14.5. The molecule has 1 fully saturated rings. The molecule has 100 valence electrons. The summed E-state index contributed by atoms with van der Waals surface area (Å²) >= 11 is 0. The fraction of sp³-hybridized carbons (Fsp3) is 0.929. The van der Waals surface area contributed by atoms with Crippen molar-refractivity contribution in [2.24, 2.45) is 11.3 Å². The van der Waals surface area contributed by atoms with Crippen molar-refractivity contribution in [3.05, 3.63) is 0 Å². The van der Waals surface area contributed by atoms with E-state index in [9.17, 15) is 4.79 Å². The zero-order chi connectivity index (χ0) is 12.7. The highest BCUT2D eigenvalue weighted by molar-refractivity contribution is 5.76. The Kier molecular flexibility index (Phi) is 5.96. The summed E-state index contributed by atoms with van der Waals surface area (Å²) in [4.78, 5) is 11.8. The molecule has 0 saturated heterocycles. The molecule has 1 aliphatic carbocycles. The van der Waals surface area contributed by atoms with Crippen molar-refractivity contribution < 1.29 is 9.90 Å². The van der Waals surface area contributed by atoms with E-state index in [1.54, 1.807) is 0 Å². The first-order chi connectivity index (χ1) is 8.03. The molecular formula is C14H27NO2. The number of aliphatic hydroxyl groups excluding tert-OH is 1. The van der Waals surface area contributed by atoms with Crippen LogP contribution in [0.1, 0.15) is 58.8 Å². The van der Waals surface area contributed by atoms with Crippen LogP contribution < -0.4 is 5.32 Å². The SMILES string of the molecule is CC(C)(CCCO)CNC(=O)CC1CCCC1. The molecular weight excluding hydrogens is 214 g/mol.